The fourth-order valence-corrected chi connectivity index (χ4v) is 3.57. The molecular weight excluding hydrogens is 379 g/mol. The summed E-state index contributed by atoms with van der Waals surface area (Å²) in [5.74, 6) is -0.532. The lowest BCUT2D eigenvalue weighted by molar-refractivity contribution is -0.161. The lowest BCUT2D eigenvalue weighted by Gasteiger charge is -2.29. The normalized spacial score (nSPS) is 21.2. The molecule has 29 heavy (non-hydrogen) atoms. The van der Waals surface area contributed by atoms with Crippen LogP contribution in [0.3, 0.4) is 0 Å². The van der Waals surface area contributed by atoms with Crippen molar-refractivity contribution in [1.29, 1.82) is 5.26 Å². The molecule has 2 aliphatic rings. The Morgan fingerprint density at radius 3 is 2.17 bits per heavy atom. The number of hydrogen-bond donors (Lipinski definition) is 2. The Labute approximate surface area is 169 Å². The van der Waals surface area contributed by atoms with Crippen LogP contribution in [0, 0.1) is 17.2 Å². The van der Waals surface area contributed by atoms with Gasteiger partial charge in [-0.25, -0.2) is 0 Å². The van der Waals surface area contributed by atoms with E-state index >= 15 is 0 Å². The Kier molecular flexibility index (Phi) is 5.70. The zero-order valence-electron chi connectivity index (χ0n) is 17.1. The van der Waals surface area contributed by atoms with Crippen LogP contribution in [0.25, 0.3) is 0 Å². The van der Waals surface area contributed by atoms with E-state index in [4.69, 9.17) is 0 Å². The molecule has 2 fully saturated rings. The maximum Gasteiger partial charge on any atom is 0.407 e. The van der Waals surface area contributed by atoms with Gasteiger partial charge in [0.1, 0.15) is 11.6 Å². The minimum Gasteiger partial charge on any atom is -0.336 e. The molecule has 1 amide bonds. The van der Waals surface area contributed by atoms with Gasteiger partial charge in [-0.15, -0.1) is 0 Å². The van der Waals surface area contributed by atoms with Gasteiger partial charge in [-0.3, -0.25) is 10.1 Å². The van der Waals surface area contributed by atoms with Crippen LogP contribution in [0.5, 0.6) is 0 Å². The Balaban J connectivity index is 1.80. The van der Waals surface area contributed by atoms with E-state index in [1.165, 1.54) is 12.1 Å². The van der Waals surface area contributed by atoms with Crippen LogP contribution < -0.4 is 10.6 Å². The standard InChI is InChI=1S/C22H28F3N3O/c1-14(2)12-17(19(29)28-21(13-26)10-11-21)27-18(22(23,24)25)15-4-6-16(7-5-15)20(3)8-9-20/h4-7,14,17-18,27H,8-12H2,1-3H3,(H,28,29)/t17-,18-/m0/s1. The van der Waals surface area contributed by atoms with Gasteiger partial charge in [-0.2, -0.15) is 18.4 Å². The van der Waals surface area contributed by atoms with E-state index in [9.17, 15) is 23.2 Å². The fraction of sp³-hybridized carbons (Fsp3) is 0.636. The highest BCUT2D eigenvalue weighted by molar-refractivity contribution is 5.83. The molecule has 2 saturated carbocycles. The summed E-state index contributed by atoms with van der Waals surface area (Å²) < 4.78 is 41.7. The van der Waals surface area contributed by atoms with Crippen LogP contribution in [0.4, 0.5) is 13.2 Å². The molecule has 2 aliphatic carbocycles. The van der Waals surface area contributed by atoms with Gasteiger partial charge in [0, 0.05) is 0 Å². The summed E-state index contributed by atoms with van der Waals surface area (Å²) in [6, 6.07) is 5.60. The molecular formula is C22H28F3N3O. The van der Waals surface area contributed by atoms with Crippen molar-refractivity contribution in [2.45, 2.75) is 82.1 Å². The van der Waals surface area contributed by atoms with Crippen LogP contribution in [-0.4, -0.2) is 23.7 Å². The number of carbonyl (C=O) groups excluding carboxylic acids is 1. The van der Waals surface area contributed by atoms with Crippen LogP contribution in [0.2, 0.25) is 0 Å². The highest BCUT2D eigenvalue weighted by Crippen LogP contribution is 2.48. The lowest BCUT2D eigenvalue weighted by Crippen LogP contribution is -2.52. The molecule has 0 bridgehead atoms. The monoisotopic (exact) mass is 407 g/mol. The predicted molar refractivity (Wildman–Crippen MR) is 104 cm³/mol. The SMILES string of the molecule is CC(C)C[C@H](N[C@@H](c1ccc(C2(C)CC2)cc1)C(F)(F)F)C(=O)NC1(C#N)CC1. The molecule has 0 spiro atoms. The molecule has 1 aromatic carbocycles. The van der Waals surface area contributed by atoms with E-state index in [-0.39, 0.29) is 23.3 Å². The Morgan fingerprint density at radius 2 is 1.76 bits per heavy atom. The number of carbonyl (C=O) groups is 1. The number of amides is 1. The van der Waals surface area contributed by atoms with Gasteiger partial charge in [-0.1, -0.05) is 45.0 Å². The van der Waals surface area contributed by atoms with Crippen molar-refractivity contribution in [2.24, 2.45) is 5.92 Å². The quantitative estimate of drug-likeness (QED) is 0.666. The highest BCUT2D eigenvalue weighted by atomic mass is 19.4. The Bertz CT molecular complexity index is 787. The molecule has 0 aromatic heterocycles. The molecule has 4 nitrogen and oxygen atoms in total. The number of hydrogen-bond acceptors (Lipinski definition) is 3. The first-order chi connectivity index (χ1) is 13.5. The van der Waals surface area contributed by atoms with Crippen molar-refractivity contribution in [3.05, 3.63) is 35.4 Å². The number of benzene rings is 1. The second-order valence-corrected chi connectivity index (χ2v) is 9.19. The minimum absolute atomic E-state index is 0.0153. The summed E-state index contributed by atoms with van der Waals surface area (Å²) in [7, 11) is 0. The molecule has 0 radical (unpaired) electrons. The van der Waals surface area contributed by atoms with Gasteiger partial charge in [0.25, 0.3) is 0 Å². The summed E-state index contributed by atoms with van der Waals surface area (Å²) >= 11 is 0. The number of nitriles is 1. The first-order valence-electron chi connectivity index (χ1n) is 10.1. The zero-order valence-corrected chi connectivity index (χ0v) is 17.1. The third-order valence-corrected chi connectivity index (χ3v) is 5.99. The number of nitrogens with zero attached hydrogens (tertiary/aromatic N) is 1. The minimum atomic E-state index is -4.55. The first-order valence-corrected chi connectivity index (χ1v) is 10.1. The van der Waals surface area contributed by atoms with Crippen molar-refractivity contribution in [2.75, 3.05) is 0 Å². The molecule has 2 N–H and O–H groups in total. The molecule has 7 heteroatoms. The van der Waals surface area contributed by atoms with Gasteiger partial charge < -0.3 is 5.32 Å². The average molecular weight is 407 g/mol. The maximum atomic E-state index is 13.9. The topological polar surface area (TPSA) is 64.9 Å². The van der Waals surface area contributed by atoms with Crippen LogP contribution >= 0.6 is 0 Å². The van der Waals surface area contributed by atoms with Gasteiger partial charge in [0.2, 0.25) is 5.91 Å². The maximum absolute atomic E-state index is 13.9. The number of rotatable bonds is 8. The van der Waals surface area contributed by atoms with Gasteiger partial charge in [0.15, 0.2) is 0 Å². The number of nitrogens with one attached hydrogen (secondary N) is 2. The molecule has 0 unspecified atom stereocenters. The summed E-state index contributed by atoms with van der Waals surface area (Å²) in [6.45, 7) is 5.81. The van der Waals surface area contributed by atoms with Crippen molar-refractivity contribution < 1.29 is 18.0 Å². The molecule has 0 saturated heterocycles. The Hall–Kier alpha value is -2.07. The van der Waals surface area contributed by atoms with Gasteiger partial charge in [-0.05, 0) is 54.6 Å². The van der Waals surface area contributed by atoms with Crippen molar-refractivity contribution >= 4 is 5.91 Å². The number of halogens is 3. The molecule has 3 rings (SSSR count). The summed E-state index contributed by atoms with van der Waals surface area (Å²) in [6.07, 6.45) is -1.14. The van der Waals surface area contributed by atoms with E-state index in [0.29, 0.717) is 12.8 Å². The molecule has 0 heterocycles. The summed E-state index contributed by atoms with van der Waals surface area (Å²) in [5.41, 5.74) is 0.301. The molecule has 0 aliphatic heterocycles. The summed E-state index contributed by atoms with van der Waals surface area (Å²) in [4.78, 5) is 12.7. The van der Waals surface area contributed by atoms with Gasteiger partial charge >= 0.3 is 6.18 Å². The zero-order chi connectivity index (χ0) is 21.4. The summed E-state index contributed by atoms with van der Waals surface area (Å²) in [5, 5.41) is 14.4. The van der Waals surface area contributed by atoms with Crippen molar-refractivity contribution in [3.63, 3.8) is 0 Å². The first kappa shape index (κ1) is 21.6. The van der Waals surface area contributed by atoms with E-state index in [1.807, 2.05) is 13.8 Å². The molecule has 2 atom stereocenters. The van der Waals surface area contributed by atoms with E-state index in [2.05, 4.69) is 23.6 Å². The van der Waals surface area contributed by atoms with Gasteiger partial charge in [0.05, 0.1) is 12.1 Å². The van der Waals surface area contributed by atoms with E-state index < -0.39 is 29.7 Å². The van der Waals surface area contributed by atoms with Crippen LogP contribution in [0.15, 0.2) is 24.3 Å². The fourth-order valence-electron chi connectivity index (χ4n) is 3.57. The molecule has 1 aromatic rings. The van der Waals surface area contributed by atoms with Crippen molar-refractivity contribution in [1.82, 2.24) is 10.6 Å². The van der Waals surface area contributed by atoms with Crippen LogP contribution in [0.1, 0.15) is 70.0 Å². The number of alkyl halides is 3. The second-order valence-electron chi connectivity index (χ2n) is 9.19. The Morgan fingerprint density at radius 1 is 1.17 bits per heavy atom. The third kappa shape index (κ3) is 5.11. The predicted octanol–water partition coefficient (Wildman–Crippen LogP) is 4.52. The smallest absolute Gasteiger partial charge is 0.336 e. The molecule has 158 valence electrons. The lowest BCUT2D eigenvalue weighted by atomic mass is 9.94. The largest absolute Gasteiger partial charge is 0.407 e. The second kappa shape index (κ2) is 7.64. The average Bonchev–Trinajstić information content (AvgIpc) is 3.56. The third-order valence-electron chi connectivity index (χ3n) is 5.99. The van der Waals surface area contributed by atoms with Crippen LogP contribution in [-0.2, 0) is 10.2 Å². The van der Waals surface area contributed by atoms with E-state index in [1.54, 1.807) is 12.1 Å². The van der Waals surface area contributed by atoms with Crippen molar-refractivity contribution in [3.8, 4) is 6.07 Å². The van der Waals surface area contributed by atoms with E-state index in [0.717, 1.165) is 18.4 Å². The highest BCUT2D eigenvalue weighted by Gasteiger charge is 2.47.